The van der Waals surface area contributed by atoms with Crippen LogP contribution in [0.4, 0.5) is 0 Å². The van der Waals surface area contributed by atoms with Crippen LogP contribution in [0.3, 0.4) is 0 Å². The second-order valence-electron chi connectivity index (χ2n) is 9.14. The summed E-state index contributed by atoms with van der Waals surface area (Å²) in [6, 6.07) is 0. The molecule has 5 atom stereocenters. The lowest BCUT2D eigenvalue weighted by Crippen LogP contribution is -2.47. The fourth-order valence-corrected chi connectivity index (χ4v) is 5.05. The number of ether oxygens (including phenoxy) is 1. The molecule has 26 heavy (non-hydrogen) atoms. The van der Waals surface area contributed by atoms with E-state index in [1.807, 2.05) is 6.92 Å². The molecule has 2 aliphatic rings. The summed E-state index contributed by atoms with van der Waals surface area (Å²) < 4.78 is 5.07. The van der Waals surface area contributed by atoms with Crippen molar-refractivity contribution in [3.63, 3.8) is 0 Å². The third kappa shape index (κ3) is 4.15. The van der Waals surface area contributed by atoms with E-state index in [1.54, 1.807) is 0 Å². The maximum Gasteiger partial charge on any atom is 0.309 e. The van der Waals surface area contributed by atoms with E-state index in [2.05, 4.69) is 26.8 Å². The van der Waals surface area contributed by atoms with Crippen LogP contribution < -0.4 is 0 Å². The standard InChI is InChI=1S/C22H36O4/c1-15(11-14-26-17(3)23)10-13-21(4)16(2)8-9-19-18(21)7-6-12-22(19,5)20(24)25/h7,15-16,19H,6,8-14H2,1-5H3,(H,24,25)/t15?,16-,19+,21+,22+/m1/s1. The molecule has 0 amide bonds. The van der Waals surface area contributed by atoms with E-state index in [1.165, 1.54) is 12.5 Å². The van der Waals surface area contributed by atoms with Crippen LogP contribution in [-0.2, 0) is 14.3 Å². The Morgan fingerprint density at radius 1 is 1.31 bits per heavy atom. The fraction of sp³-hybridized carbons (Fsp3) is 0.818. The lowest BCUT2D eigenvalue weighted by Gasteiger charge is -2.52. The molecular formula is C22H36O4. The summed E-state index contributed by atoms with van der Waals surface area (Å²) >= 11 is 0. The molecule has 2 aliphatic carbocycles. The van der Waals surface area contributed by atoms with Gasteiger partial charge in [0.05, 0.1) is 12.0 Å². The van der Waals surface area contributed by atoms with Crippen LogP contribution >= 0.6 is 0 Å². The molecule has 0 aromatic carbocycles. The molecule has 1 N–H and O–H groups in total. The molecule has 0 spiro atoms. The molecule has 0 aromatic heterocycles. The van der Waals surface area contributed by atoms with E-state index in [9.17, 15) is 14.7 Å². The number of carboxylic acid groups (broad SMARTS) is 1. The maximum absolute atomic E-state index is 12.0. The number of fused-ring (bicyclic) bond motifs is 1. The van der Waals surface area contributed by atoms with Crippen LogP contribution in [0.15, 0.2) is 11.6 Å². The zero-order chi connectivity index (χ0) is 19.5. The fourth-order valence-electron chi connectivity index (χ4n) is 5.05. The van der Waals surface area contributed by atoms with Crippen LogP contribution in [0, 0.1) is 28.6 Å². The van der Waals surface area contributed by atoms with Crippen molar-refractivity contribution >= 4 is 11.9 Å². The quantitative estimate of drug-likeness (QED) is 0.497. The average Bonchev–Trinajstić information content (AvgIpc) is 2.56. The Balaban J connectivity index is 2.09. The van der Waals surface area contributed by atoms with Gasteiger partial charge in [0.25, 0.3) is 0 Å². The Morgan fingerprint density at radius 3 is 2.62 bits per heavy atom. The average molecular weight is 365 g/mol. The molecule has 4 heteroatoms. The van der Waals surface area contributed by atoms with Gasteiger partial charge in [0.15, 0.2) is 0 Å². The largest absolute Gasteiger partial charge is 0.481 e. The smallest absolute Gasteiger partial charge is 0.309 e. The predicted octanol–water partition coefficient (Wildman–Crippen LogP) is 5.22. The zero-order valence-corrected chi connectivity index (χ0v) is 17.1. The lowest BCUT2D eigenvalue weighted by molar-refractivity contribution is -0.153. The van der Waals surface area contributed by atoms with Crippen molar-refractivity contribution in [2.24, 2.45) is 28.6 Å². The van der Waals surface area contributed by atoms with Crippen LogP contribution in [0.1, 0.15) is 79.6 Å². The maximum atomic E-state index is 12.0. The number of allylic oxidation sites excluding steroid dienone is 2. The number of rotatable bonds is 7. The van der Waals surface area contributed by atoms with E-state index in [0.717, 1.165) is 44.9 Å². The predicted molar refractivity (Wildman–Crippen MR) is 103 cm³/mol. The molecule has 1 saturated carbocycles. The van der Waals surface area contributed by atoms with E-state index in [0.29, 0.717) is 18.4 Å². The Bertz CT molecular complexity index is 566. The summed E-state index contributed by atoms with van der Waals surface area (Å²) in [5.74, 6) is 0.384. The van der Waals surface area contributed by atoms with Gasteiger partial charge in [0.2, 0.25) is 0 Å². The molecule has 0 bridgehead atoms. The topological polar surface area (TPSA) is 63.6 Å². The highest BCUT2D eigenvalue weighted by Gasteiger charge is 2.52. The number of hydrogen-bond acceptors (Lipinski definition) is 3. The summed E-state index contributed by atoms with van der Waals surface area (Å²) in [7, 11) is 0. The van der Waals surface area contributed by atoms with Crippen molar-refractivity contribution in [3.8, 4) is 0 Å². The van der Waals surface area contributed by atoms with E-state index < -0.39 is 11.4 Å². The number of hydrogen-bond donors (Lipinski definition) is 1. The molecule has 0 radical (unpaired) electrons. The first-order valence-corrected chi connectivity index (χ1v) is 10.2. The van der Waals surface area contributed by atoms with Crippen LogP contribution in [0.5, 0.6) is 0 Å². The molecule has 0 heterocycles. The molecule has 1 unspecified atom stereocenters. The van der Waals surface area contributed by atoms with Gasteiger partial charge >= 0.3 is 11.9 Å². The SMILES string of the molecule is CC(=O)OCCC(C)CC[C@]1(C)C2=CCC[C@](C)(C(=O)O)[C@H]2CC[C@H]1C. The van der Waals surface area contributed by atoms with Gasteiger partial charge in [-0.05, 0) is 75.0 Å². The van der Waals surface area contributed by atoms with Crippen LogP contribution in [0.25, 0.3) is 0 Å². The highest BCUT2D eigenvalue weighted by atomic mass is 16.5. The molecule has 0 aliphatic heterocycles. The highest BCUT2D eigenvalue weighted by molar-refractivity contribution is 5.75. The Morgan fingerprint density at radius 2 is 2.00 bits per heavy atom. The number of esters is 1. The first-order valence-electron chi connectivity index (χ1n) is 10.2. The summed E-state index contributed by atoms with van der Waals surface area (Å²) in [5.41, 5.74) is 0.863. The van der Waals surface area contributed by atoms with Gasteiger partial charge < -0.3 is 9.84 Å². The minimum Gasteiger partial charge on any atom is -0.481 e. The molecular weight excluding hydrogens is 328 g/mol. The number of carbonyl (C=O) groups excluding carboxylic acids is 1. The van der Waals surface area contributed by atoms with Gasteiger partial charge in [-0.15, -0.1) is 0 Å². The van der Waals surface area contributed by atoms with Crippen molar-refractivity contribution in [1.29, 1.82) is 0 Å². The first-order chi connectivity index (χ1) is 12.1. The summed E-state index contributed by atoms with van der Waals surface area (Å²) in [4.78, 5) is 22.9. The van der Waals surface area contributed by atoms with Gasteiger partial charge in [0, 0.05) is 6.92 Å². The summed E-state index contributed by atoms with van der Waals surface area (Å²) in [6.07, 6.45) is 9.12. The van der Waals surface area contributed by atoms with E-state index in [4.69, 9.17) is 4.74 Å². The summed E-state index contributed by atoms with van der Waals surface area (Å²) in [5, 5.41) is 9.86. The van der Waals surface area contributed by atoms with Gasteiger partial charge in [-0.25, -0.2) is 0 Å². The lowest BCUT2D eigenvalue weighted by atomic mass is 9.51. The molecule has 4 nitrogen and oxygen atoms in total. The normalized spacial score (nSPS) is 35.2. The number of carbonyl (C=O) groups is 2. The van der Waals surface area contributed by atoms with Gasteiger partial charge in [-0.3, -0.25) is 9.59 Å². The first kappa shape index (κ1) is 21.0. The number of carboxylic acids is 1. The minimum absolute atomic E-state index is 0.0791. The Hall–Kier alpha value is -1.32. The van der Waals surface area contributed by atoms with Crippen molar-refractivity contribution < 1.29 is 19.4 Å². The Kier molecular flexibility index (Phi) is 6.57. The van der Waals surface area contributed by atoms with E-state index >= 15 is 0 Å². The molecule has 2 rings (SSSR count). The van der Waals surface area contributed by atoms with Gasteiger partial charge in [-0.2, -0.15) is 0 Å². The second kappa shape index (κ2) is 8.14. The molecule has 0 aromatic rings. The van der Waals surface area contributed by atoms with Crippen molar-refractivity contribution in [2.75, 3.05) is 6.61 Å². The monoisotopic (exact) mass is 364 g/mol. The van der Waals surface area contributed by atoms with Crippen molar-refractivity contribution in [2.45, 2.75) is 79.6 Å². The second-order valence-corrected chi connectivity index (χ2v) is 9.14. The number of aliphatic carboxylic acids is 1. The van der Waals surface area contributed by atoms with Crippen LogP contribution in [0.2, 0.25) is 0 Å². The van der Waals surface area contributed by atoms with E-state index in [-0.39, 0.29) is 17.3 Å². The third-order valence-corrected chi connectivity index (χ3v) is 7.37. The Labute approximate surface area is 158 Å². The van der Waals surface area contributed by atoms with Crippen molar-refractivity contribution in [3.05, 3.63) is 11.6 Å². The summed E-state index contributed by atoms with van der Waals surface area (Å²) in [6.45, 7) is 10.8. The zero-order valence-electron chi connectivity index (χ0n) is 17.1. The van der Waals surface area contributed by atoms with Gasteiger partial charge in [0.1, 0.15) is 0 Å². The van der Waals surface area contributed by atoms with Gasteiger partial charge in [-0.1, -0.05) is 32.4 Å². The molecule has 1 fully saturated rings. The molecule has 0 saturated heterocycles. The van der Waals surface area contributed by atoms with Crippen molar-refractivity contribution in [1.82, 2.24) is 0 Å². The minimum atomic E-state index is -0.639. The molecule has 148 valence electrons. The highest BCUT2D eigenvalue weighted by Crippen LogP contribution is 2.58. The van der Waals surface area contributed by atoms with Crippen LogP contribution in [-0.4, -0.2) is 23.7 Å². The third-order valence-electron chi connectivity index (χ3n) is 7.37.